The van der Waals surface area contributed by atoms with Gasteiger partial charge in [-0.25, -0.2) is 0 Å². The second-order valence-corrected chi connectivity index (χ2v) is 7.81. The van der Waals surface area contributed by atoms with E-state index < -0.39 is 0 Å². The lowest BCUT2D eigenvalue weighted by molar-refractivity contribution is -0.914. The molecule has 0 amide bonds. The highest BCUT2D eigenvalue weighted by atomic mass is 16.7. The number of ether oxygens (including phenoxy) is 3. The van der Waals surface area contributed by atoms with Crippen LogP contribution >= 0.6 is 0 Å². The van der Waals surface area contributed by atoms with Crippen LogP contribution in [-0.4, -0.2) is 33.3 Å². The molecule has 0 saturated heterocycles. The van der Waals surface area contributed by atoms with Crippen LogP contribution in [-0.2, 0) is 11.2 Å². The molecule has 1 aromatic rings. The summed E-state index contributed by atoms with van der Waals surface area (Å²) in [6.45, 7) is 3.40. The molecule has 0 bridgehead atoms. The molecule has 2 aliphatic heterocycles. The predicted octanol–water partition coefficient (Wildman–Crippen LogP) is 2.24. The average molecular weight is 358 g/mol. The minimum Gasteiger partial charge on any atom is -0.492 e. The third-order valence-corrected chi connectivity index (χ3v) is 6.18. The number of Topliss-reactive ketones (excluding diaryl/α,β-unsaturated/α-hetero) is 1. The van der Waals surface area contributed by atoms with Gasteiger partial charge >= 0.3 is 0 Å². The molecule has 1 aromatic carbocycles. The largest absolute Gasteiger partial charge is 0.492 e. The van der Waals surface area contributed by atoms with Crippen molar-refractivity contribution in [3.63, 3.8) is 0 Å². The van der Waals surface area contributed by atoms with Crippen molar-refractivity contribution in [2.75, 3.05) is 27.5 Å². The fourth-order valence-electron chi connectivity index (χ4n) is 4.52. The number of benzene rings is 1. The average Bonchev–Trinajstić information content (AvgIpc) is 3.11. The molecule has 3 atom stereocenters. The molecule has 0 aromatic heterocycles. The maximum Gasteiger partial charge on any atom is 0.231 e. The van der Waals surface area contributed by atoms with Crippen molar-refractivity contribution in [3.05, 3.63) is 28.8 Å². The number of hydrogen-bond acceptors (Lipinski definition) is 4. The van der Waals surface area contributed by atoms with Gasteiger partial charge < -0.3 is 19.1 Å². The first-order valence-electron chi connectivity index (χ1n) is 9.58. The van der Waals surface area contributed by atoms with Crippen LogP contribution in [0, 0.1) is 5.92 Å². The summed E-state index contributed by atoms with van der Waals surface area (Å²) in [5.41, 5.74) is 3.78. The fraction of sp³-hybridized carbons (Fsp3) is 0.571. The van der Waals surface area contributed by atoms with Crippen LogP contribution in [0.1, 0.15) is 49.8 Å². The van der Waals surface area contributed by atoms with E-state index in [-0.39, 0.29) is 18.8 Å². The highest BCUT2D eigenvalue weighted by Gasteiger charge is 2.38. The second-order valence-electron chi connectivity index (χ2n) is 7.81. The smallest absolute Gasteiger partial charge is 0.231 e. The zero-order valence-electron chi connectivity index (χ0n) is 15.9. The maximum absolute atomic E-state index is 13.0. The number of carbonyl (C=O) groups excluding carboxylic acids is 1. The van der Waals surface area contributed by atoms with Gasteiger partial charge in [-0.2, -0.15) is 0 Å². The first-order chi connectivity index (χ1) is 12.6. The lowest BCUT2D eigenvalue weighted by Gasteiger charge is -2.33. The van der Waals surface area contributed by atoms with Gasteiger partial charge in [0.05, 0.1) is 32.7 Å². The van der Waals surface area contributed by atoms with Crippen LogP contribution in [0.3, 0.4) is 0 Å². The van der Waals surface area contributed by atoms with E-state index in [0.29, 0.717) is 18.0 Å². The Morgan fingerprint density at radius 1 is 1.35 bits per heavy atom. The lowest BCUT2D eigenvalue weighted by atomic mass is 9.82. The summed E-state index contributed by atoms with van der Waals surface area (Å²) >= 11 is 0. The molecule has 4 rings (SSSR count). The van der Waals surface area contributed by atoms with Gasteiger partial charge in [0, 0.05) is 12.3 Å². The van der Waals surface area contributed by atoms with E-state index in [2.05, 4.69) is 26.1 Å². The molecule has 2 heterocycles. The number of nitrogens with one attached hydrogen (secondary N) is 1. The van der Waals surface area contributed by atoms with Crippen molar-refractivity contribution in [2.24, 2.45) is 5.92 Å². The Kier molecular flexibility index (Phi) is 4.65. The van der Waals surface area contributed by atoms with Gasteiger partial charge in [-0.1, -0.05) is 11.6 Å². The van der Waals surface area contributed by atoms with Crippen molar-refractivity contribution < 1.29 is 23.9 Å². The van der Waals surface area contributed by atoms with Crippen molar-refractivity contribution in [1.29, 1.82) is 0 Å². The summed E-state index contributed by atoms with van der Waals surface area (Å²) in [6.07, 6.45) is 6.68. The summed E-state index contributed by atoms with van der Waals surface area (Å²) in [5, 5.41) is 0. The number of quaternary nitrogens is 1. The number of likely N-dealkylation sites (N-methyl/N-ethyl adjacent to an activating group) is 1. The van der Waals surface area contributed by atoms with Crippen LogP contribution in [0.5, 0.6) is 17.2 Å². The number of methoxy groups -OCH3 is 1. The number of ketones is 1. The van der Waals surface area contributed by atoms with E-state index in [9.17, 15) is 4.79 Å². The molecule has 26 heavy (non-hydrogen) atoms. The van der Waals surface area contributed by atoms with Crippen LogP contribution in [0.2, 0.25) is 0 Å². The van der Waals surface area contributed by atoms with Gasteiger partial charge in [-0.05, 0) is 37.8 Å². The summed E-state index contributed by atoms with van der Waals surface area (Å²) < 4.78 is 17.0. The molecule has 1 unspecified atom stereocenters. The molecule has 140 valence electrons. The molecule has 0 radical (unpaired) electrons. The Hall–Kier alpha value is -2.01. The molecule has 1 aliphatic carbocycles. The predicted molar refractivity (Wildman–Crippen MR) is 98.0 cm³/mol. The molecule has 0 fully saturated rings. The minimum absolute atomic E-state index is 0.114. The number of carbonyl (C=O) groups is 1. The summed E-state index contributed by atoms with van der Waals surface area (Å²) in [5.74, 6) is 2.75. The number of allylic oxidation sites excluding steroid dienone is 2. The normalized spacial score (nSPS) is 26.9. The zero-order valence-corrected chi connectivity index (χ0v) is 15.9. The van der Waals surface area contributed by atoms with E-state index in [1.807, 2.05) is 0 Å². The number of rotatable bonds is 4. The highest BCUT2D eigenvalue weighted by Crippen LogP contribution is 2.48. The number of hydrogen-bond donors (Lipinski definition) is 1. The molecule has 0 spiro atoms. The lowest BCUT2D eigenvalue weighted by Crippen LogP contribution is -3.10. The molecular weight excluding hydrogens is 330 g/mol. The van der Waals surface area contributed by atoms with Gasteiger partial charge in [0.1, 0.15) is 11.8 Å². The Labute approximate surface area is 154 Å². The Balaban J connectivity index is 1.64. The van der Waals surface area contributed by atoms with E-state index in [1.165, 1.54) is 16.0 Å². The second kappa shape index (κ2) is 6.95. The van der Waals surface area contributed by atoms with Crippen LogP contribution in [0.25, 0.3) is 0 Å². The minimum atomic E-state index is 0.114. The number of fused-ring (bicyclic) bond motifs is 2. The molecule has 5 nitrogen and oxygen atoms in total. The first kappa shape index (κ1) is 17.4. The van der Waals surface area contributed by atoms with E-state index in [1.54, 1.807) is 7.11 Å². The summed E-state index contributed by atoms with van der Waals surface area (Å²) in [4.78, 5) is 14.4. The zero-order chi connectivity index (χ0) is 18.3. The van der Waals surface area contributed by atoms with E-state index in [4.69, 9.17) is 14.2 Å². The van der Waals surface area contributed by atoms with Crippen LogP contribution in [0.4, 0.5) is 0 Å². The van der Waals surface area contributed by atoms with Gasteiger partial charge in [-0.3, -0.25) is 4.79 Å². The summed E-state index contributed by atoms with van der Waals surface area (Å²) in [6, 6.07) is 2.19. The maximum atomic E-state index is 13.0. The van der Waals surface area contributed by atoms with Crippen molar-refractivity contribution >= 4 is 5.78 Å². The SMILES string of the molecule is COc1c2c(cc3c1[C@@H](CC(=O)[C@@H]1CC=C(C)CC1)[NH+](C)CC3)OCO2. The fourth-order valence-corrected chi connectivity index (χ4v) is 4.52. The van der Waals surface area contributed by atoms with Gasteiger partial charge in [0.25, 0.3) is 0 Å². The third-order valence-electron chi connectivity index (χ3n) is 6.18. The Bertz CT molecular complexity index is 755. The van der Waals surface area contributed by atoms with Gasteiger partial charge in [-0.15, -0.1) is 0 Å². The van der Waals surface area contributed by atoms with Crippen molar-refractivity contribution in [1.82, 2.24) is 0 Å². The van der Waals surface area contributed by atoms with Crippen molar-refractivity contribution in [3.8, 4) is 17.2 Å². The van der Waals surface area contributed by atoms with E-state index in [0.717, 1.165) is 49.3 Å². The highest BCUT2D eigenvalue weighted by molar-refractivity contribution is 5.82. The van der Waals surface area contributed by atoms with Gasteiger partial charge in [0.15, 0.2) is 11.5 Å². The molecule has 3 aliphatic rings. The van der Waals surface area contributed by atoms with Crippen molar-refractivity contribution in [2.45, 2.75) is 45.1 Å². The topological polar surface area (TPSA) is 49.2 Å². The molecular formula is C21H28NO4+. The molecule has 5 heteroatoms. The Morgan fingerprint density at radius 2 is 2.19 bits per heavy atom. The molecule has 1 N–H and O–H groups in total. The first-order valence-corrected chi connectivity index (χ1v) is 9.58. The monoisotopic (exact) mass is 358 g/mol. The van der Waals surface area contributed by atoms with E-state index >= 15 is 0 Å². The Morgan fingerprint density at radius 3 is 2.92 bits per heavy atom. The standard InChI is InChI=1S/C21H27NO4/c1-13-4-6-14(7-5-13)17(23)11-16-19-15(8-9-22(16)2)10-18-20(21(19)24-3)26-12-25-18/h4,10,14,16H,5-9,11-12H2,1-3H3/p+1/t14-,16-/m1/s1. The molecule has 0 saturated carbocycles. The summed E-state index contributed by atoms with van der Waals surface area (Å²) in [7, 11) is 3.85. The van der Waals surface area contributed by atoms with Crippen LogP contribution in [0.15, 0.2) is 17.7 Å². The van der Waals surface area contributed by atoms with Gasteiger partial charge in [0.2, 0.25) is 12.5 Å². The third kappa shape index (κ3) is 2.98. The quantitative estimate of drug-likeness (QED) is 0.839. The van der Waals surface area contributed by atoms with Crippen LogP contribution < -0.4 is 19.1 Å².